The van der Waals surface area contributed by atoms with Crippen LogP contribution in [0.5, 0.6) is 0 Å². The second-order valence-electron chi connectivity index (χ2n) is 7.53. The predicted octanol–water partition coefficient (Wildman–Crippen LogP) is 5.66. The van der Waals surface area contributed by atoms with Gasteiger partial charge in [-0.1, -0.05) is 19.9 Å². The van der Waals surface area contributed by atoms with Gasteiger partial charge < -0.3 is 4.57 Å². The molecule has 2 nitrogen and oxygen atoms in total. The van der Waals surface area contributed by atoms with Crippen molar-refractivity contribution in [3.8, 4) is 0 Å². The molecule has 0 N–H and O–H groups in total. The van der Waals surface area contributed by atoms with Crippen LogP contribution in [0.2, 0.25) is 0 Å². The first-order valence-electron chi connectivity index (χ1n) is 9.49. The zero-order valence-electron chi connectivity index (χ0n) is 15.3. The van der Waals surface area contributed by atoms with E-state index in [2.05, 4.69) is 41.7 Å². The van der Waals surface area contributed by atoms with Crippen molar-refractivity contribution in [2.45, 2.75) is 69.2 Å². The SMILES string of the molecule is CCSc1ccc2c3c1C[C@@H](Cn1ccnc1)C[C@@]3(CC)CCC2.Cl. The molecule has 0 unspecified atom stereocenters. The van der Waals surface area contributed by atoms with Crippen LogP contribution < -0.4 is 0 Å². The van der Waals surface area contributed by atoms with Crippen LogP contribution in [0.15, 0.2) is 35.7 Å². The molecule has 2 atom stereocenters. The van der Waals surface area contributed by atoms with Crippen molar-refractivity contribution in [3.63, 3.8) is 0 Å². The van der Waals surface area contributed by atoms with Gasteiger partial charge in [-0.05, 0) is 78.4 Å². The molecule has 0 amide bonds. The van der Waals surface area contributed by atoms with Crippen LogP contribution >= 0.6 is 24.2 Å². The van der Waals surface area contributed by atoms with E-state index in [9.17, 15) is 0 Å². The van der Waals surface area contributed by atoms with Crippen LogP contribution in [0.25, 0.3) is 0 Å². The number of nitrogens with zero attached hydrogens (tertiary/aromatic N) is 2. The number of hydrogen-bond acceptors (Lipinski definition) is 2. The van der Waals surface area contributed by atoms with Gasteiger partial charge in [0.1, 0.15) is 0 Å². The van der Waals surface area contributed by atoms with Gasteiger partial charge in [0.15, 0.2) is 0 Å². The van der Waals surface area contributed by atoms with Crippen LogP contribution in [0.4, 0.5) is 0 Å². The lowest BCUT2D eigenvalue weighted by atomic mass is 9.59. The summed E-state index contributed by atoms with van der Waals surface area (Å²) in [4.78, 5) is 5.79. The molecule has 2 aliphatic carbocycles. The molecule has 1 aromatic carbocycles. The average molecular weight is 377 g/mol. The summed E-state index contributed by atoms with van der Waals surface area (Å²) in [5.41, 5.74) is 5.53. The van der Waals surface area contributed by atoms with Crippen LogP contribution in [0, 0.1) is 5.92 Å². The van der Waals surface area contributed by atoms with Crippen LogP contribution in [0.1, 0.15) is 56.2 Å². The van der Waals surface area contributed by atoms with Crippen molar-refractivity contribution in [2.24, 2.45) is 5.92 Å². The topological polar surface area (TPSA) is 17.8 Å². The van der Waals surface area contributed by atoms with E-state index >= 15 is 0 Å². The quantitative estimate of drug-likeness (QED) is 0.626. The van der Waals surface area contributed by atoms with E-state index in [1.807, 2.05) is 24.3 Å². The maximum Gasteiger partial charge on any atom is 0.0945 e. The van der Waals surface area contributed by atoms with Crippen molar-refractivity contribution in [2.75, 3.05) is 5.75 Å². The Bertz CT molecular complexity index is 713. The third kappa shape index (κ3) is 3.38. The summed E-state index contributed by atoms with van der Waals surface area (Å²) in [6.07, 6.45) is 13.9. The molecule has 4 heteroatoms. The molecular weight excluding hydrogens is 348 g/mol. The minimum atomic E-state index is 0. The Labute approximate surface area is 162 Å². The molecular formula is C21H29ClN2S. The number of benzene rings is 1. The van der Waals surface area contributed by atoms with E-state index in [-0.39, 0.29) is 12.4 Å². The van der Waals surface area contributed by atoms with E-state index < -0.39 is 0 Å². The first kappa shape index (κ1) is 18.8. The molecule has 2 aliphatic rings. The van der Waals surface area contributed by atoms with Gasteiger partial charge in [0.2, 0.25) is 0 Å². The Hall–Kier alpha value is -0.930. The average Bonchev–Trinajstić information content (AvgIpc) is 3.10. The van der Waals surface area contributed by atoms with E-state index in [0.29, 0.717) is 5.41 Å². The lowest BCUT2D eigenvalue weighted by Gasteiger charge is -2.47. The molecule has 0 radical (unpaired) electrons. The number of rotatable bonds is 5. The lowest BCUT2D eigenvalue weighted by molar-refractivity contribution is 0.224. The molecule has 0 fully saturated rings. The molecule has 0 saturated carbocycles. The standard InChI is InChI=1S/C21H28N2S.ClH/c1-3-21-9-5-6-17-7-8-19(24-4-2)18(20(17)21)12-16(13-21)14-23-11-10-22-15-23;/h7-8,10-11,15-16H,3-6,9,12-14H2,1-2H3;1H/t16-,21-;/m1./s1. The molecule has 0 saturated heterocycles. The largest absolute Gasteiger partial charge is 0.337 e. The Balaban J connectivity index is 0.00000182. The Morgan fingerprint density at radius 3 is 2.92 bits per heavy atom. The highest BCUT2D eigenvalue weighted by molar-refractivity contribution is 7.99. The van der Waals surface area contributed by atoms with Gasteiger partial charge in [0, 0.05) is 23.8 Å². The summed E-state index contributed by atoms with van der Waals surface area (Å²) < 4.78 is 2.28. The highest BCUT2D eigenvalue weighted by Gasteiger charge is 2.42. The van der Waals surface area contributed by atoms with Crippen molar-refractivity contribution < 1.29 is 0 Å². The van der Waals surface area contributed by atoms with Gasteiger partial charge in [-0.2, -0.15) is 0 Å². The molecule has 0 aliphatic heterocycles. The zero-order chi connectivity index (χ0) is 16.6. The Morgan fingerprint density at radius 2 is 2.20 bits per heavy atom. The Morgan fingerprint density at radius 1 is 1.32 bits per heavy atom. The number of aromatic nitrogens is 2. The summed E-state index contributed by atoms with van der Waals surface area (Å²) in [5, 5.41) is 0. The predicted molar refractivity (Wildman–Crippen MR) is 109 cm³/mol. The third-order valence-electron chi connectivity index (χ3n) is 6.17. The second kappa shape index (κ2) is 7.75. The smallest absolute Gasteiger partial charge is 0.0945 e. The number of hydrogen-bond donors (Lipinski definition) is 0. The summed E-state index contributed by atoms with van der Waals surface area (Å²) >= 11 is 2.04. The zero-order valence-corrected chi connectivity index (χ0v) is 17.0. The van der Waals surface area contributed by atoms with Crippen LogP contribution in [-0.2, 0) is 24.8 Å². The summed E-state index contributed by atoms with van der Waals surface area (Å²) in [7, 11) is 0. The number of imidazole rings is 1. The molecule has 136 valence electrons. The van der Waals surface area contributed by atoms with Gasteiger partial charge in [0.05, 0.1) is 6.33 Å². The van der Waals surface area contributed by atoms with E-state index in [0.717, 1.165) is 18.2 Å². The first-order chi connectivity index (χ1) is 11.8. The minimum absolute atomic E-state index is 0. The highest BCUT2D eigenvalue weighted by atomic mass is 35.5. The van der Waals surface area contributed by atoms with Gasteiger partial charge in [0.25, 0.3) is 0 Å². The number of aryl methyl sites for hydroxylation is 1. The van der Waals surface area contributed by atoms with E-state index in [1.165, 1.54) is 38.5 Å². The van der Waals surface area contributed by atoms with E-state index in [4.69, 9.17) is 0 Å². The fourth-order valence-corrected chi connectivity index (χ4v) is 6.05. The summed E-state index contributed by atoms with van der Waals surface area (Å²) in [6, 6.07) is 4.85. The molecule has 0 spiro atoms. The molecule has 1 aromatic heterocycles. The third-order valence-corrected chi connectivity index (χ3v) is 7.15. The van der Waals surface area contributed by atoms with Gasteiger partial charge >= 0.3 is 0 Å². The van der Waals surface area contributed by atoms with Gasteiger partial charge in [-0.3, -0.25) is 0 Å². The number of halogens is 1. The van der Waals surface area contributed by atoms with Crippen LogP contribution in [0.3, 0.4) is 0 Å². The lowest BCUT2D eigenvalue weighted by Crippen LogP contribution is -2.39. The molecule has 4 rings (SSSR count). The molecule has 25 heavy (non-hydrogen) atoms. The van der Waals surface area contributed by atoms with Crippen molar-refractivity contribution in [1.29, 1.82) is 0 Å². The number of thioether (sulfide) groups is 1. The monoisotopic (exact) mass is 376 g/mol. The molecule has 0 bridgehead atoms. The normalized spacial score (nSPS) is 24.5. The van der Waals surface area contributed by atoms with Gasteiger partial charge in [-0.25, -0.2) is 4.98 Å². The van der Waals surface area contributed by atoms with E-state index in [1.54, 1.807) is 21.6 Å². The maximum absolute atomic E-state index is 4.24. The summed E-state index contributed by atoms with van der Waals surface area (Å²) in [6.45, 7) is 5.80. The van der Waals surface area contributed by atoms with Gasteiger partial charge in [-0.15, -0.1) is 24.2 Å². The minimum Gasteiger partial charge on any atom is -0.337 e. The maximum atomic E-state index is 4.24. The van der Waals surface area contributed by atoms with Crippen molar-refractivity contribution in [3.05, 3.63) is 47.5 Å². The van der Waals surface area contributed by atoms with Crippen molar-refractivity contribution >= 4 is 24.2 Å². The highest BCUT2D eigenvalue weighted by Crippen LogP contribution is 2.52. The fraction of sp³-hybridized carbons (Fsp3) is 0.571. The second-order valence-corrected chi connectivity index (χ2v) is 8.84. The van der Waals surface area contributed by atoms with Crippen LogP contribution in [-0.4, -0.2) is 15.3 Å². The fourth-order valence-electron chi connectivity index (χ4n) is 5.22. The molecule has 2 aromatic rings. The summed E-state index contributed by atoms with van der Waals surface area (Å²) in [5.74, 6) is 1.90. The first-order valence-corrected chi connectivity index (χ1v) is 10.5. The molecule has 1 heterocycles. The van der Waals surface area contributed by atoms with Crippen molar-refractivity contribution in [1.82, 2.24) is 9.55 Å². The Kier molecular flexibility index (Phi) is 5.85.